The first kappa shape index (κ1) is 22.9. The van der Waals surface area contributed by atoms with E-state index in [2.05, 4.69) is 26.3 Å². The Morgan fingerprint density at radius 3 is 2.65 bits per heavy atom. The number of aromatic nitrogens is 2. The highest BCUT2D eigenvalue weighted by Gasteiger charge is 2.10. The summed E-state index contributed by atoms with van der Waals surface area (Å²) in [6.07, 6.45) is 5.00. The third-order valence-electron chi connectivity index (χ3n) is 4.19. The normalized spacial score (nSPS) is 11.2. The predicted molar refractivity (Wildman–Crippen MR) is 127 cm³/mol. The molecule has 0 bridgehead atoms. The van der Waals surface area contributed by atoms with E-state index < -0.39 is 0 Å². The van der Waals surface area contributed by atoms with E-state index in [1.54, 1.807) is 17.9 Å². The number of hydrogen-bond acceptors (Lipinski definition) is 4. The van der Waals surface area contributed by atoms with Crippen molar-refractivity contribution in [2.45, 2.75) is 26.5 Å². The molecule has 0 atom stereocenters. The zero-order chi connectivity index (χ0) is 22.4. The van der Waals surface area contributed by atoms with Gasteiger partial charge in [-0.2, -0.15) is 5.10 Å². The lowest BCUT2D eigenvalue weighted by Crippen LogP contribution is -2.09. The van der Waals surface area contributed by atoms with Crippen molar-refractivity contribution in [1.29, 1.82) is 0 Å². The molecule has 3 rings (SSSR count). The lowest BCUT2D eigenvalue weighted by Gasteiger charge is -2.13. The molecule has 0 aliphatic carbocycles. The van der Waals surface area contributed by atoms with E-state index in [4.69, 9.17) is 21.1 Å². The van der Waals surface area contributed by atoms with Gasteiger partial charge in [0.2, 0.25) is 5.91 Å². The zero-order valence-electron chi connectivity index (χ0n) is 17.4. The standard InChI is InChI=1S/C23H23BrClN3O3/c1-15(2)31-20-10-6-16(12-21(20)30-3)7-11-22(29)26-23-19(24)14-28(27-23)13-17-4-8-18(25)9-5-17/h4-12,14-15H,13H2,1-3H3,(H,26,27,29)/b11-7+. The lowest BCUT2D eigenvalue weighted by molar-refractivity contribution is -0.111. The minimum absolute atomic E-state index is 0.0408. The van der Waals surface area contributed by atoms with Crippen LogP contribution in [0.2, 0.25) is 5.02 Å². The third kappa shape index (κ3) is 6.60. The fraction of sp³-hybridized carbons (Fsp3) is 0.217. The van der Waals surface area contributed by atoms with Crippen LogP contribution in [-0.4, -0.2) is 28.9 Å². The van der Waals surface area contributed by atoms with Crippen molar-refractivity contribution < 1.29 is 14.3 Å². The van der Waals surface area contributed by atoms with Gasteiger partial charge in [0.25, 0.3) is 0 Å². The topological polar surface area (TPSA) is 65.4 Å². The van der Waals surface area contributed by atoms with Crippen LogP contribution in [0.4, 0.5) is 5.82 Å². The molecule has 1 aromatic heterocycles. The minimum atomic E-state index is -0.293. The molecule has 0 spiro atoms. The number of ether oxygens (including phenoxy) is 2. The van der Waals surface area contributed by atoms with Crippen LogP contribution >= 0.6 is 27.5 Å². The molecule has 3 aromatic rings. The first-order valence-electron chi connectivity index (χ1n) is 9.65. The Balaban J connectivity index is 1.64. The third-order valence-corrected chi connectivity index (χ3v) is 5.03. The average Bonchev–Trinajstić information content (AvgIpc) is 3.07. The monoisotopic (exact) mass is 503 g/mol. The summed E-state index contributed by atoms with van der Waals surface area (Å²) in [6, 6.07) is 13.0. The summed E-state index contributed by atoms with van der Waals surface area (Å²) in [5.41, 5.74) is 1.87. The van der Waals surface area contributed by atoms with E-state index in [1.165, 1.54) is 6.08 Å². The van der Waals surface area contributed by atoms with Crippen molar-refractivity contribution in [3.63, 3.8) is 0 Å². The van der Waals surface area contributed by atoms with E-state index in [1.807, 2.05) is 62.5 Å². The van der Waals surface area contributed by atoms with Gasteiger partial charge >= 0.3 is 0 Å². The van der Waals surface area contributed by atoms with Gasteiger partial charge < -0.3 is 14.8 Å². The SMILES string of the molecule is COc1cc(/C=C/C(=O)Nc2nn(Cc3ccc(Cl)cc3)cc2Br)ccc1OC(C)C. The molecule has 1 N–H and O–H groups in total. The molecule has 6 nitrogen and oxygen atoms in total. The Hall–Kier alpha value is -2.77. The van der Waals surface area contributed by atoms with Crippen LogP contribution in [0.3, 0.4) is 0 Å². The minimum Gasteiger partial charge on any atom is -0.493 e. The summed E-state index contributed by atoms with van der Waals surface area (Å²) in [4.78, 5) is 12.4. The molecule has 0 saturated carbocycles. The summed E-state index contributed by atoms with van der Waals surface area (Å²) >= 11 is 9.36. The molecular weight excluding hydrogens is 482 g/mol. The first-order chi connectivity index (χ1) is 14.8. The number of amides is 1. The molecule has 0 aliphatic heterocycles. The van der Waals surface area contributed by atoms with Crippen molar-refractivity contribution in [3.05, 3.63) is 75.4 Å². The van der Waals surface area contributed by atoms with Gasteiger partial charge in [-0.15, -0.1) is 0 Å². The number of benzene rings is 2. The summed E-state index contributed by atoms with van der Waals surface area (Å²) in [6.45, 7) is 4.46. The van der Waals surface area contributed by atoms with Gasteiger partial charge in [-0.3, -0.25) is 9.48 Å². The molecule has 162 valence electrons. The Bertz CT molecular complexity index is 1080. The van der Waals surface area contributed by atoms with Crippen molar-refractivity contribution in [3.8, 4) is 11.5 Å². The number of methoxy groups -OCH3 is 1. The Morgan fingerprint density at radius 1 is 1.23 bits per heavy atom. The number of rotatable bonds is 8. The Labute approximate surface area is 194 Å². The van der Waals surface area contributed by atoms with Crippen LogP contribution in [0.1, 0.15) is 25.0 Å². The van der Waals surface area contributed by atoms with Crippen LogP contribution in [-0.2, 0) is 11.3 Å². The smallest absolute Gasteiger partial charge is 0.249 e. The average molecular weight is 505 g/mol. The fourth-order valence-electron chi connectivity index (χ4n) is 2.81. The number of nitrogens with zero attached hydrogens (tertiary/aromatic N) is 2. The largest absolute Gasteiger partial charge is 0.493 e. The second kappa shape index (κ2) is 10.5. The highest BCUT2D eigenvalue weighted by molar-refractivity contribution is 9.10. The number of nitrogens with one attached hydrogen (secondary N) is 1. The molecular formula is C23H23BrClN3O3. The fourth-order valence-corrected chi connectivity index (χ4v) is 3.35. The molecule has 1 amide bonds. The van der Waals surface area contributed by atoms with Crippen molar-refractivity contribution in [1.82, 2.24) is 9.78 Å². The highest BCUT2D eigenvalue weighted by Crippen LogP contribution is 2.29. The number of carbonyl (C=O) groups excluding carboxylic acids is 1. The van der Waals surface area contributed by atoms with Crippen molar-refractivity contribution in [2.75, 3.05) is 12.4 Å². The number of hydrogen-bond donors (Lipinski definition) is 1. The Morgan fingerprint density at radius 2 is 1.97 bits per heavy atom. The number of halogens is 2. The summed E-state index contributed by atoms with van der Waals surface area (Å²) in [5.74, 6) is 1.43. The second-order valence-corrected chi connectivity index (χ2v) is 8.34. The van der Waals surface area contributed by atoms with E-state index in [0.717, 1.165) is 11.1 Å². The number of anilines is 1. The molecule has 31 heavy (non-hydrogen) atoms. The van der Waals surface area contributed by atoms with Crippen LogP contribution in [0.5, 0.6) is 11.5 Å². The second-order valence-electron chi connectivity index (χ2n) is 7.05. The summed E-state index contributed by atoms with van der Waals surface area (Å²) in [5, 5.41) is 7.89. The van der Waals surface area contributed by atoms with Crippen LogP contribution in [0.25, 0.3) is 6.08 Å². The molecule has 0 fully saturated rings. The number of carbonyl (C=O) groups is 1. The predicted octanol–water partition coefficient (Wildman–Crippen LogP) is 5.80. The molecule has 0 saturated heterocycles. The van der Waals surface area contributed by atoms with Gasteiger partial charge in [0.05, 0.1) is 24.2 Å². The highest BCUT2D eigenvalue weighted by atomic mass is 79.9. The lowest BCUT2D eigenvalue weighted by atomic mass is 10.2. The van der Waals surface area contributed by atoms with Gasteiger partial charge in [0, 0.05) is 17.3 Å². The zero-order valence-corrected chi connectivity index (χ0v) is 19.8. The maximum atomic E-state index is 12.4. The van der Waals surface area contributed by atoms with Crippen LogP contribution in [0, 0.1) is 0 Å². The van der Waals surface area contributed by atoms with Gasteiger partial charge in [-0.05, 0) is 71.2 Å². The molecule has 0 radical (unpaired) electrons. The summed E-state index contributed by atoms with van der Waals surface area (Å²) in [7, 11) is 1.58. The molecule has 1 heterocycles. The first-order valence-corrected chi connectivity index (χ1v) is 10.8. The quantitative estimate of drug-likeness (QED) is 0.394. The molecule has 0 aliphatic rings. The van der Waals surface area contributed by atoms with E-state index >= 15 is 0 Å². The van der Waals surface area contributed by atoms with Gasteiger partial charge in [-0.1, -0.05) is 29.8 Å². The van der Waals surface area contributed by atoms with Gasteiger partial charge in [0.15, 0.2) is 17.3 Å². The molecule has 2 aromatic carbocycles. The van der Waals surface area contributed by atoms with E-state index in [9.17, 15) is 4.79 Å². The maximum Gasteiger partial charge on any atom is 0.249 e. The molecule has 0 unspecified atom stereocenters. The van der Waals surface area contributed by atoms with Crippen LogP contribution < -0.4 is 14.8 Å². The molecule has 8 heteroatoms. The summed E-state index contributed by atoms with van der Waals surface area (Å²) < 4.78 is 13.5. The van der Waals surface area contributed by atoms with Crippen LogP contribution in [0.15, 0.2) is 59.2 Å². The van der Waals surface area contributed by atoms with Crippen molar-refractivity contribution in [2.24, 2.45) is 0 Å². The van der Waals surface area contributed by atoms with E-state index in [0.29, 0.717) is 33.4 Å². The van der Waals surface area contributed by atoms with Crippen molar-refractivity contribution >= 4 is 45.3 Å². The van der Waals surface area contributed by atoms with E-state index in [-0.39, 0.29) is 12.0 Å². The maximum absolute atomic E-state index is 12.4. The Kier molecular flexibility index (Phi) is 7.76. The van der Waals surface area contributed by atoms with Gasteiger partial charge in [-0.25, -0.2) is 0 Å². The van der Waals surface area contributed by atoms with Gasteiger partial charge in [0.1, 0.15) is 0 Å².